The maximum absolute atomic E-state index is 14.1. The summed E-state index contributed by atoms with van der Waals surface area (Å²) in [7, 11) is -1.42. The molecule has 0 heterocycles. The number of sulfonamides is 1. The molecule has 0 spiro atoms. The minimum absolute atomic E-state index is 0.0959. The van der Waals surface area contributed by atoms with Gasteiger partial charge in [-0.15, -0.1) is 0 Å². The summed E-state index contributed by atoms with van der Waals surface area (Å²) in [5.74, 6) is -0.0375. The van der Waals surface area contributed by atoms with Gasteiger partial charge in [0.1, 0.15) is 12.6 Å². The van der Waals surface area contributed by atoms with Gasteiger partial charge in [-0.1, -0.05) is 55.8 Å². The summed E-state index contributed by atoms with van der Waals surface area (Å²) in [4.78, 5) is 28.4. The van der Waals surface area contributed by atoms with Crippen molar-refractivity contribution in [1.82, 2.24) is 10.2 Å². The normalized spacial score (nSPS) is 12.0. The van der Waals surface area contributed by atoms with Gasteiger partial charge in [0.05, 0.1) is 24.8 Å². The van der Waals surface area contributed by atoms with Crippen molar-refractivity contribution < 1.29 is 27.5 Å². The monoisotopic (exact) mass is 615 g/mol. The zero-order valence-electron chi connectivity index (χ0n) is 24.5. The third-order valence-corrected chi connectivity index (χ3v) is 8.69. The highest BCUT2D eigenvalue weighted by Gasteiger charge is 2.33. The number of anilines is 1. The summed E-state index contributed by atoms with van der Waals surface area (Å²) in [5.41, 5.74) is 1.22. The average Bonchev–Trinajstić information content (AvgIpc) is 2.99. The van der Waals surface area contributed by atoms with Gasteiger partial charge < -0.3 is 19.7 Å². The van der Waals surface area contributed by atoms with Crippen LogP contribution in [0.25, 0.3) is 0 Å². The second kappa shape index (κ2) is 14.9. The molecular weight excluding hydrogens is 578 g/mol. The fraction of sp³-hybridized carbons (Fsp3) is 0.355. The van der Waals surface area contributed by atoms with Crippen molar-refractivity contribution in [1.29, 1.82) is 0 Å². The molecule has 0 saturated carbocycles. The van der Waals surface area contributed by atoms with Crippen LogP contribution in [-0.2, 0) is 26.0 Å². The predicted molar refractivity (Wildman–Crippen MR) is 165 cm³/mol. The lowest BCUT2D eigenvalue weighted by Crippen LogP contribution is -2.52. The molecule has 0 saturated heterocycles. The molecule has 0 fully saturated rings. The molecule has 3 rings (SSSR count). The molecule has 0 aromatic heterocycles. The van der Waals surface area contributed by atoms with Crippen LogP contribution in [0.1, 0.15) is 26.3 Å². The molecule has 0 radical (unpaired) electrons. The lowest BCUT2D eigenvalue weighted by molar-refractivity contribution is -0.138. The number of rotatable bonds is 14. The highest BCUT2D eigenvalue weighted by molar-refractivity contribution is 7.92. The van der Waals surface area contributed by atoms with E-state index in [1.165, 1.54) is 49.5 Å². The van der Waals surface area contributed by atoms with Crippen LogP contribution in [-0.4, -0.2) is 65.0 Å². The molecule has 0 unspecified atom stereocenters. The first-order valence-electron chi connectivity index (χ1n) is 13.6. The first-order valence-corrected chi connectivity index (χ1v) is 15.4. The van der Waals surface area contributed by atoms with Gasteiger partial charge in [0, 0.05) is 24.2 Å². The van der Waals surface area contributed by atoms with Crippen LogP contribution in [0, 0.1) is 5.92 Å². The van der Waals surface area contributed by atoms with Crippen molar-refractivity contribution in [3.8, 4) is 11.5 Å². The van der Waals surface area contributed by atoms with E-state index in [4.69, 9.17) is 21.1 Å². The molecule has 0 aliphatic heterocycles. The summed E-state index contributed by atoms with van der Waals surface area (Å²) in [5, 5.41) is 3.29. The third-order valence-electron chi connectivity index (χ3n) is 6.67. The molecule has 1 N–H and O–H groups in total. The fourth-order valence-corrected chi connectivity index (χ4v) is 5.82. The van der Waals surface area contributed by atoms with E-state index in [1.807, 2.05) is 44.2 Å². The van der Waals surface area contributed by atoms with Crippen LogP contribution < -0.4 is 19.1 Å². The van der Waals surface area contributed by atoms with Crippen molar-refractivity contribution in [2.24, 2.45) is 5.92 Å². The Labute approximate surface area is 253 Å². The van der Waals surface area contributed by atoms with Gasteiger partial charge in [-0.05, 0) is 61.2 Å². The van der Waals surface area contributed by atoms with Crippen molar-refractivity contribution in [3.05, 3.63) is 83.4 Å². The quantitative estimate of drug-likeness (QED) is 0.280. The highest BCUT2D eigenvalue weighted by Crippen LogP contribution is 2.32. The first-order chi connectivity index (χ1) is 20.0. The molecule has 0 bridgehead atoms. The molecule has 0 aliphatic carbocycles. The molecule has 42 heavy (non-hydrogen) atoms. The Morgan fingerprint density at radius 3 is 2.14 bits per heavy atom. The van der Waals surface area contributed by atoms with E-state index in [9.17, 15) is 18.0 Å². The van der Waals surface area contributed by atoms with Gasteiger partial charge in [0.25, 0.3) is 10.0 Å². The maximum atomic E-state index is 14.1. The number of nitrogens with one attached hydrogen (secondary N) is 1. The van der Waals surface area contributed by atoms with Crippen LogP contribution in [0.5, 0.6) is 11.5 Å². The summed E-state index contributed by atoms with van der Waals surface area (Å²) < 4.78 is 39.7. The van der Waals surface area contributed by atoms with Crippen molar-refractivity contribution in [3.63, 3.8) is 0 Å². The smallest absolute Gasteiger partial charge is 0.264 e. The van der Waals surface area contributed by atoms with Crippen LogP contribution >= 0.6 is 11.6 Å². The standard InChI is InChI=1S/C31H38ClN3O6S/c1-22(2)20-33-31(37)23(3)34(18-17-24-9-7-6-8-10-24)30(36)21-35(26-13-11-25(32)12-14-26)42(38,39)27-15-16-28(40-4)29(19-27)41-5/h6-16,19,22-23H,17-18,20-21H2,1-5H3,(H,33,37)/t23-/m1/s1. The van der Waals surface area contributed by atoms with Crippen molar-refractivity contribution >= 4 is 39.1 Å². The van der Waals surface area contributed by atoms with Gasteiger partial charge in [0.15, 0.2) is 11.5 Å². The molecule has 9 nitrogen and oxygen atoms in total. The number of amides is 2. The predicted octanol–water partition coefficient (Wildman–Crippen LogP) is 4.78. The lowest BCUT2D eigenvalue weighted by atomic mass is 10.1. The number of methoxy groups -OCH3 is 2. The Bertz CT molecular complexity index is 1450. The molecule has 226 valence electrons. The van der Waals surface area contributed by atoms with Gasteiger partial charge in [-0.25, -0.2) is 8.42 Å². The van der Waals surface area contributed by atoms with Crippen LogP contribution in [0.2, 0.25) is 5.02 Å². The summed E-state index contributed by atoms with van der Waals surface area (Å²) in [6.45, 7) is 5.72. The van der Waals surface area contributed by atoms with E-state index < -0.39 is 28.5 Å². The molecule has 11 heteroatoms. The summed E-state index contributed by atoms with van der Waals surface area (Å²) >= 11 is 6.09. The molecular formula is C31H38ClN3O6S. The second-order valence-electron chi connectivity index (χ2n) is 10.1. The summed E-state index contributed by atoms with van der Waals surface area (Å²) in [6, 6.07) is 19.1. The van der Waals surface area contributed by atoms with Crippen molar-refractivity contribution in [2.45, 2.75) is 38.1 Å². The highest BCUT2D eigenvalue weighted by atomic mass is 35.5. The van der Waals surface area contributed by atoms with Crippen molar-refractivity contribution in [2.75, 3.05) is 38.2 Å². The second-order valence-corrected chi connectivity index (χ2v) is 12.4. The van der Waals surface area contributed by atoms with Crippen LogP contribution in [0.4, 0.5) is 5.69 Å². The Kier molecular flexibility index (Phi) is 11.6. The molecule has 3 aromatic rings. The van der Waals surface area contributed by atoms with E-state index in [0.29, 0.717) is 23.7 Å². The summed E-state index contributed by atoms with van der Waals surface area (Å²) in [6.07, 6.45) is 0.484. The van der Waals surface area contributed by atoms with Gasteiger partial charge in [0.2, 0.25) is 11.8 Å². The van der Waals surface area contributed by atoms with E-state index in [2.05, 4.69) is 5.32 Å². The lowest BCUT2D eigenvalue weighted by Gasteiger charge is -2.32. The van der Waals surface area contributed by atoms with E-state index in [0.717, 1.165) is 9.87 Å². The maximum Gasteiger partial charge on any atom is 0.264 e. The minimum atomic E-state index is -4.28. The average molecular weight is 616 g/mol. The molecule has 0 aliphatic rings. The molecule has 3 aromatic carbocycles. The number of hydrogen-bond donors (Lipinski definition) is 1. The largest absolute Gasteiger partial charge is 0.493 e. The number of hydrogen-bond acceptors (Lipinski definition) is 6. The topological polar surface area (TPSA) is 105 Å². The zero-order valence-corrected chi connectivity index (χ0v) is 26.1. The van der Waals surface area contributed by atoms with Gasteiger partial charge in [-0.3, -0.25) is 13.9 Å². The fourth-order valence-electron chi connectivity index (χ4n) is 4.26. The van der Waals surface area contributed by atoms with Gasteiger partial charge in [-0.2, -0.15) is 0 Å². The van der Waals surface area contributed by atoms with Crippen LogP contribution in [0.3, 0.4) is 0 Å². The minimum Gasteiger partial charge on any atom is -0.493 e. The molecule has 1 atom stereocenters. The number of carbonyl (C=O) groups excluding carboxylic acids is 2. The van der Waals surface area contributed by atoms with E-state index in [1.54, 1.807) is 19.1 Å². The van der Waals surface area contributed by atoms with E-state index in [-0.39, 0.29) is 34.7 Å². The number of nitrogens with zero attached hydrogens (tertiary/aromatic N) is 2. The number of carbonyl (C=O) groups is 2. The number of benzene rings is 3. The van der Waals surface area contributed by atoms with E-state index >= 15 is 0 Å². The van der Waals surface area contributed by atoms with Crippen LogP contribution in [0.15, 0.2) is 77.7 Å². The number of halogens is 1. The van der Waals surface area contributed by atoms with Gasteiger partial charge >= 0.3 is 0 Å². The first kappa shape index (κ1) is 32.8. The Morgan fingerprint density at radius 1 is 0.905 bits per heavy atom. The SMILES string of the molecule is COc1ccc(S(=O)(=O)N(CC(=O)N(CCc2ccccc2)[C@H](C)C(=O)NCC(C)C)c2ccc(Cl)cc2)cc1OC. The Hall–Kier alpha value is -3.76. The zero-order chi connectivity index (χ0) is 30.9. The number of ether oxygens (including phenoxy) is 2. The third kappa shape index (κ3) is 8.39. The molecule has 2 amide bonds. The Balaban J connectivity index is 2.00. The Morgan fingerprint density at radius 2 is 1.55 bits per heavy atom.